The van der Waals surface area contributed by atoms with Crippen LogP contribution in [0.2, 0.25) is 5.02 Å². The molecule has 8 nitrogen and oxygen atoms in total. The van der Waals surface area contributed by atoms with E-state index >= 15 is 0 Å². The highest BCUT2D eigenvalue weighted by molar-refractivity contribution is 7.92. The number of benzene rings is 4. The van der Waals surface area contributed by atoms with Crippen LogP contribution >= 0.6 is 11.6 Å². The third-order valence-corrected chi connectivity index (χ3v) is 9.25. The van der Waals surface area contributed by atoms with E-state index in [1.807, 2.05) is 82.3 Å². The Hall–Kier alpha value is -4.34. The fraction of sp³-hybridized carbons (Fsp3) is 0.278. The molecule has 4 rings (SSSR count). The molecule has 0 bridgehead atoms. The Kier molecular flexibility index (Phi) is 11.1. The zero-order chi connectivity index (χ0) is 33.5. The Bertz CT molecular complexity index is 1760. The summed E-state index contributed by atoms with van der Waals surface area (Å²) in [5.41, 5.74) is 2.30. The average molecular weight is 662 g/mol. The van der Waals surface area contributed by atoms with Crippen molar-refractivity contribution in [3.8, 4) is 5.75 Å². The van der Waals surface area contributed by atoms with Crippen molar-refractivity contribution in [1.82, 2.24) is 10.2 Å². The van der Waals surface area contributed by atoms with Crippen molar-refractivity contribution >= 4 is 39.1 Å². The lowest BCUT2D eigenvalue weighted by Gasteiger charge is -2.35. The van der Waals surface area contributed by atoms with Gasteiger partial charge < -0.3 is 15.0 Å². The summed E-state index contributed by atoms with van der Waals surface area (Å²) >= 11 is 6.30. The van der Waals surface area contributed by atoms with Crippen LogP contribution in [0.25, 0.3) is 0 Å². The largest absolute Gasteiger partial charge is 0.497 e. The topological polar surface area (TPSA) is 96.0 Å². The van der Waals surface area contributed by atoms with Gasteiger partial charge >= 0.3 is 0 Å². The van der Waals surface area contributed by atoms with E-state index in [9.17, 15) is 18.0 Å². The number of rotatable bonds is 12. The Balaban J connectivity index is 1.82. The summed E-state index contributed by atoms with van der Waals surface area (Å²) in [4.78, 5) is 30.0. The molecule has 0 radical (unpaired) electrons. The van der Waals surface area contributed by atoms with E-state index in [0.29, 0.717) is 10.8 Å². The molecule has 4 aromatic rings. The molecule has 0 aromatic heterocycles. The number of hydrogen-bond donors (Lipinski definition) is 1. The Morgan fingerprint density at radius 3 is 2.13 bits per heavy atom. The third-order valence-electron chi connectivity index (χ3n) is 7.23. The number of halogens is 1. The summed E-state index contributed by atoms with van der Waals surface area (Å²) in [7, 11) is -2.78. The van der Waals surface area contributed by atoms with E-state index in [4.69, 9.17) is 16.3 Å². The van der Waals surface area contributed by atoms with Gasteiger partial charge in [0.1, 0.15) is 18.3 Å². The molecule has 1 atom stereocenters. The number of amides is 2. The number of sulfonamides is 1. The van der Waals surface area contributed by atoms with Crippen LogP contribution in [0.5, 0.6) is 5.75 Å². The Morgan fingerprint density at radius 1 is 0.870 bits per heavy atom. The van der Waals surface area contributed by atoms with E-state index < -0.39 is 34.1 Å². The number of hydrogen-bond acceptors (Lipinski definition) is 5. The lowest BCUT2D eigenvalue weighted by atomic mass is 10.0. The van der Waals surface area contributed by atoms with Gasteiger partial charge in [0.2, 0.25) is 11.8 Å². The first kappa shape index (κ1) is 34.5. The SMILES string of the molecule is COc1ccc(S(=O)(=O)N(CC(=O)N(Cc2cccc(C)c2)[C@H](Cc2ccccc2)C(=O)NC(C)(C)C)c2cccc(Cl)c2)cc1. The van der Waals surface area contributed by atoms with Gasteiger partial charge in [0, 0.05) is 23.5 Å². The summed E-state index contributed by atoms with van der Waals surface area (Å²) in [6.45, 7) is 7.08. The van der Waals surface area contributed by atoms with E-state index in [2.05, 4.69) is 5.32 Å². The first-order valence-electron chi connectivity index (χ1n) is 14.9. The molecule has 2 amide bonds. The van der Waals surface area contributed by atoms with E-state index in [1.165, 1.54) is 30.2 Å². The van der Waals surface area contributed by atoms with Crippen molar-refractivity contribution in [2.75, 3.05) is 18.0 Å². The van der Waals surface area contributed by atoms with Gasteiger partial charge in [-0.25, -0.2) is 8.42 Å². The van der Waals surface area contributed by atoms with Gasteiger partial charge in [0.05, 0.1) is 17.7 Å². The maximum atomic E-state index is 14.6. The average Bonchev–Trinajstić information content (AvgIpc) is 3.01. The number of nitrogens with zero attached hydrogens (tertiary/aromatic N) is 2. The molecular formula is C36H40ClN3O5S. The molecule has 0 aliphatic carbocycles. The summed E-state index contributed by atoms with van der Waals surface area (Å²) in [6.07, 6.45) is 0.225. The van der Waals surface area contributed by atoms with Crippen LogP contribution in [0.1, 0.15) is 37.5 Å². The molecule has 0 saturated heterocycles. The van der Waals surface area contributed by atoms with Crippen molar-refractivity contribution < 1.29 is 22.7 Å². The molecule has 0 spiro atoms. The van der Waals surface area contributed by atoms with Crippen molar-refractivity contribution in [3.05, 3.63) is 125 Å². The van der Waals surface area contributed by atoms with Crippen molar-refractivity contribution in [3.63, 3.8) is 0 Å². The van der Waals surface area contributed by atoms with Gasteiger partial charge in [0.15, 0.2) is 0 Å². The van der Waals surface area contributed by atoms with E-state index in [-0.39, 0.29) is 29.5 Å². The molecule has 0 aliphatic rings. The molecule has 46 heavy (non-hydrogen) atoms. The van der Waals surface area contributed by atoms with Gasteiger partial charge in [-0.3, -0.25) is 13.9 Å². The molecular weight excluding hydrogens is 622 g/mol. The van der Waals surface area contributed by atoms with Gasteiger partial charge in [-0.05, 0) is 81.3 Å². The van der Waals surface area contributed by atoms with Gasteiger partial charge in [-0.1, -0.05) is 77.8 Å². The second kappa shape index (κ2) is 14.8. The number of carbonyl (C=O) groups is 2. The smallest absolute Gasteiger partial charge is 0.264 e. The standard InChI is InChI=1S/C36H40ClN3O5S/c1-26-11-9-14-28(21-26)24-39(33(35(42)38-36(2,3)4)22-27-12-7-6-8-13-27)34(41)25-40(30-16-10-15-29(37)23-30)46(43,44)32-19-17-31(45-5)18-20-32/h6-21,23,33H,22,24-25H2,1-5H3,(H,38,42)/t33-/m1/s1. The van der Waals surface area contributed by atoms with Crippen LogP contribution in [0, 0.1) is 6.92 Å². The number of anilines is 1. The molecule has 0 saturated carbocycles. The highest BCUT2D eigenvalue weighted by atomic mass is 35.5. The van der Waals surface area contributed by atoms with Gasteiger partial charge in [-0.2, -0.15) is 0 Å². The van der Waals surface area contributed by atoms with Crippen LogP contribution in [-0.2, 0) is 32.6 Å². The first-order chi connectivity index (χ1) is 21.8. The second-order valence-electron chi connectivity index (χ2n) is 12.1. The molecule has 4 aromatic carbocycles. The van der Waals surface area contributed by atoms with Crippen LogP contribution in [-0.4, -0.2) is 50.4 Å². The summed E-state index contributed by atoms with van der Waals surface area (Å²) in [5, 5.41) is 3.35. The zero-order valence-electron chi connectivity index (χ0n) is 26.7. The summed E-state index contributed by atoms with van der Waals surface area (Å²) in [5.74, 6) is -0.407. The zero-order valence-corrected chi connectivity index (χ0v) is 28.3. The third kappa shape index (κ3) is 9.11. The van der Waals surface area contributed by atoms with Crippen LogP contribution in [0.3, 0.4) is 0 Å². The minimum atomic E-state index is -4.27. The number of aryl methyl sites for hydroxylation is 1. The molecule has 1 N–H and O–H groups in total. The number of carbonyl (C=O) groups excluding carboxylic acids is 2. The maximum Gasteiger partial charge on any atom is 0.264 e. The van der Waals surface area contributed by atoms with Crippen LogP contribution < -0.4 is 14.4 Å². The van der Waals surface area contributed by atoms with Crippen LogP contribution in [0.15, 0.2) is 108 Å². The summed E-state index contributed by atoms with van der Waals surface area (Å²) < 4.78 is 34.6. The highest BCUT2D eigenvalue weighted by Crippen LogP contribution is 2.28. The van der Waals surface area contributed by atoms with E-state index in [0.717, 1.165) is 21.0 Å². The van der Waals surface area contributed by atoms with Crippen molar-refractivity contribution in [2.45, 2.75) is 57.1 Å². The molecule has 10 heteroatoms. The Morgan fingerprint density at radius 2 is 1.52 bits per heavy atom. The lowest BCUT2D eigenvalue weighted by Crippen LogP contribution is -2.56. The van der Waals surface area contributed by atoms with Crippen molar-refractivity contribution in [2.24, 2.45) is 0 Å². The van der Waals surface area contributed by atoms with Gasteiger partial charge in [0.25, 0.3) is 10.0 Å². The predicted molar refractivity (Wildman–Crippen MR) is 183 cm³/mol. The fourth-order valence-electron chi connectivity index (χ4n) is 5.05. The normalized spacial score (nSPS) is 12.2. The quantitative estimate of drug-likeness (QED) is 0.189. The molecule has 242 valence electrons. The molecule has 0 aliphatic heterocycles. The van der Waals surface area contributed by atoms with E-state index in [1.54, 1.807) is 30.3 Å². The minimum Gasteiger partial charge on any atom is -0.497 e. The highest BCUT2D eigenvalue weighted by Gasteiger charge is 2.35. The van der Waals surface area contributed by atoms with Crippen LogP contribution in [0.4, 0.5) is 5.69 Å². The van der Waals surface area contributed by atoms with Crippen molar-refractivity contribution in [1.29, 1.82) is 0 Å². The Labute approximate surface area is 277 Å². The monoisotopic (exact) mass is 661 g/mol. The number of ether oxygens (including phenoxy) is 1. The lowest BCUT2D eigenvalue weighted by molar-refractivity contribution is -0.140. The summed E-state index contributed by atoms with van der Waals surface area (Å²) in [6, 6.07) is 28.4. The minimum absolute atomic E-state index is 0.0300. The number of methoxy groups -OCH3 is 1. The first-order valence-corrected chi connectivity index (χ1v) is 16.7. The number of nitrogens with one attached hydrogen (secondary N) is 1. The van der Waals surface area contributed by atoms with Gasteiger partial charge in [-0.15, -0.1) is 0 Å². The predicted octanol–water partition coefficient (Wildman–Crippen LogP) is 6.41. The fourth-order valence-corrected chi connectivity index (χ4v) is 6.64. The second-order valence-corrected chi connectivity index (χ2v) is 14.4. The molecule has 0 heterocycles. The molecule has 0 fully saturated rings. The maximum absolute atomic E-state index is 14.6. The molecule has 0 unspecified atom stereocenters.